The fourth-order valence-electron chi connectivity index (χ4n) is 1.48. The Hall–Kier alpha value is -2.19. The Balaban J connectivity index is 2.39. The number of hydrogen-bond acceptors (Lipinski definition) is 2. The molecule has 0 heterocycles. The van der Waals surface area contributed by atoms with E-state index in [1.54, 1.807) is 30.2 Å². The van der Waals surface area contributed by atoms with Gasteiger partial charge < -0.3 is 0 Å². The summed E-state index contributed by atoms with van der Waals surface area (Å²) in [5, 5.41) is -4.13. The Morgan fingerprint density at radius 1 is 0.850 bits per heavy atom. The van der Waals surface area contributed by atoms with Crippen LogP contribution in [0.3, 0.4) is 0 Å². The number of benzene rings is 2. The molecular formula is C15H10F2O2S. The lowest BCUT2D eigenvalue weighted by Gasteiger charge is -2.10. The summed E-state index contributed by atoms with van der Waals surface area (Å²) in [5.41, 5.74) is 0.329. The quantitative estimate of drug-likeness (QED) is 0.797. The lowest BCUT2D eigenvalue weighted by atomic mass is 10.2. The van der Waals surface area contributed by atoms with Crippen molar-refractivity contribution in [2.45, 2.75) is 10.2 Å². The molecule has 20 heavy (non-hydrogen) atoms. The van der Waals surface area contributed by atoms with Crippen molar-refractivity contribution in [1.29, 1.82) is 0 Å². The molecule has 0 radical (unpaired) electrons. The zero-order valence-corrected chi connectivity index (χ0v) is 11.1. The van der Waals surface area contributed by atoms with Gasteiger partial charge in [-0.3, -0.25) is 0 Å². The van der Waals surface area contributed by atoms with Gasteiger partial charge in [-0.15, -0.1) is 0 Å². The monoisotopic (exact) mass is 292 g/mol. The topological polar surface area (TPSA) is 34.1 Å². The SMILES string of the molecule is O=S(=O)(c1ccccc1)C(F)(F)C#Cc1ccccc1. The van der Waals surface area contributed by atoms with Crippen LogP contribution in [0.25, 0.3) is 0 Å². The standard InChI is InChI=1S/C15H10F2O2S/c16-15(17,12-11-13-7-3-1-4-8-13)20(18,19)14-9-5-2-6-10-14/h1-10H. The van der Waals surface area contributed by atoms with E-state index in [0.717, 1.165) is 12.1 Å². The summed E-state index contributed by atoms with van der Waals surface area (Å²) in [5.74, 6) is 3.72. The molecule has 0 unspecified atom stereocenters. The van der Waals surface area contributed by atoms with Crippen molar-refractivity contribution in [3.05, 3.63) is 66.2 Å². The zero-order valence-electron chi connectivity index (χ0n) is 10.3. The molecule has 2 rings (SSSR count). The van der Waals surface area contributed by atoms with Gasteiger partial charge in [-0.1, -0.05) is 42.3 Å². The summed E-state index contributed by atoms with van der Waals surface area (Å²) in [6.07, 6.45) is 0. The molecule has 0 saturated carbocycles. The minimum absolute atomic E-state index is 0.329. The van der Waals surface area contributed by atoms with Crippen LogP contribution in [0.15, 0.2) is 65.6 Å². The highest BCUT2D eigenvalue weighted by Gasteiger charge is 2.44. The zero-order chi connectivity index (χ0) is 14.6. The first-order valence-electron chi connectivity index (χ1n) is 5.69. The number of sulfone groups is 1. The van der Waals surface area contributed by atoms with E-state index in [2.05, 4.69) is 5.92 Å². The maximum atomic E-state index is 13.8. The van der Waals surface area contributed by atoms with E-state index >= 15 is 0 Å². The number of alkyl halides is 2. The van der Waals surface area contributed by atoms with Crippen LogP contribution in [-0.4, -0.2) is 13.7 Å². The Bertz CT molecular complexity index is 743. The Kier molecular flexibility index (Phi) is 3.86. The van der Waals surface area contributed by atoms with E-state index in [4.69, 9.17) is 0 Å². The Morgan fingerprint density at radius 3 is 1.90 bits per heavy atom. The van der Waals surface area contributed by atoms with Gasteiger partial charge in [0, 0.05) is 5.56 Å². The molecule has 0 aliphatic rings. The maximum Gasteiger partial charge on any atom is 0.412 e. The second-order valence-electron chi connectivity index (χ2n) is 3.95. The summed E-state index contributed by atoms with van der Waals surface area (Å²) in [6, 6.07) is 14.6. The van der Waals surface area contributed by atoms with Gasteiger partial charge >= 0.3 is 5.25 Å². The van der Waals surface area contributed by atoms with Gasteiger partial charge in [0.25, 0.3) is 9.84 Å². The van der Waals surface area contributed by atoms with Gasteiger partial charge in [0.2, 0.25) is 0 Å². The molecule has 0 fully saturated rings. The first-order chi connectivity index (χ1) is 9.43. The van der Waals surface area contributed by atoms with Gasteiger partial charge in [0.05, 0.1) is 4.90 Å². The van der Waals surface area contributed by atoms with Gasteiger partial charge in [-0.05, 0) is 30.2 Å². The van der Waals surface area contributed by atoms with Crippen LogP contribution >= 0.6 is 0 Å². The molecule has 0 aromatic heterocycles. The fourth-order valence-corrected chi connectivity index (χ4v) is 2.48. The molecule has 0 atom stereocenters. The molecule has 2 aromatic rings. The van der Waals surface area contributed by atoms with Crippen molar-refractivity contribution in [1.82, 2.24) is 0 Å². The Labute approximate surface area is 116 Å². The predicted octanol–water partition coefficient (Wildman–Crippen LogP) is 3.10. The molecule has 0 aliphatic carbocycles. The summed E-state index contributed by atoms with van der Waals surface area (Å²) in [6.45, 7) is 0. The molecule has 0 N–H and O–H groups in total. The summed E-state index contributed by atoms with van der Waals surface area (Å²) in [7, 11) is -4.82. The van der Waals surface area contributed by atoms with Crippen molar-refractivity contribution < 1.29 is 17.2 Å². The first-order valence-corrected chi connectivity index (χ1v) is 7.17. The highest BCUT2D eigenvalue weighted by Crippen LogP contribution is 2.28. The van der Waals surface area contributed by atoms with Crippen molar-refractivity contribution in [2.75, 3.05) is 0 Å². The van der Waals surface area contributed by atoms with E-state index in [9.17, 15) is 17.2 Å². The van der Waals surface area contributed by atoms with Gasteiger partial charge in [-0.2, -0.15) is 8.78 Å². The molecular weight excluding hydrogens is 282 g/mol. The molecule has 0 amide bonds. The highest BCUT2D eigenvalue weighted by molar-refractivity contribution is 7.92. The third kappa shape index (κ3) is 2.86. The molecule has 2 aromatic carbocycles. The molecule has 5 heteroatoms. The van der Waals surface area contributed by atoms with Crippen LogP contribution in [0, 0.1) is 11.8 Å². The number of rotatable bonds is 2. The lowest BCUT2D eigenvalue weighted by molar-refractivity contribution is 0.158. The predicted molar refractivity (Wildman–Crippen MR) is 71.9 cm³/mol. The van der Waals surface area contributed by atoms with E-state index in [1.165, 1.54) is 24.3 Å². The maximum absolute atomic E-state index is 13.8. The summed E-state index contributed by atoms with van der Waals surface area (Å²) in [4.78, 5) is -0.452. The smallest absolute Gasteiger partial charge is 0.216 e. The largest absolute Gasteiger partial charge is 0.412 e. The second kappa shape index (κ2) is 5.43. The van der Waals surface area contributed by atoms with Crippen LogP contribution < -0.4 is 0 Å². The van der Waals surface area contributed by atoms with Crippen LogP contribution in [0.2, 0.25) is 0 Å². The van der Waals surface area contributed by atoms with E-state index in [1.807, 2.05) is 0 Å². The van der Waals surface area contributed by atoms with E-state index in [0.29, 0.717) is 5.56 Å². The van der Waals surface area contributed by atoms with Crippen molar-refractivity contribution in [2.24, 2.45) is 0 Å². The highest BCUT2D eigenvalue weighted by atomic mass is 32.2. The second-order valence-corrected chi connectivity index (χ2v) is 5.94. The molecule has 0 saturated heterocycles. The summed E-state index contributed by atoms with van der Waals surface area (Å²) >= 11 is 0. The minimum atomic E-state index is -4.82. The van der Waals surface area contributed by atoms with Crippen LogP contribution in [0.4, 0.5) is 8.78 Å². The normalized spacial score (nSPS) is 11.5. The average Bonchev–Trinajstić information content (AvgIpc) is 2.47. The van der Waals surface area contributed by atoms with Gasteiger partial charge in [0.15, 0.2) is 0 Å². The van der Waals surface area contributed by atoms with E-state index < -0.39 is 20.0 Å². The van der Waals surface area contributed by atoms with Gasteiger partial charge in [0.1, 0.15) is 0 Å². The van der Waals surface area contributed by atoms with Crippen molar-refractivity contribution >= 4 is 9.84 Å². The minimum Gasteiger partial charge on any atom is -0.216 e. The van der Waals surface area contributed by atoms with Crippen LogP contribution in [-0.2, 0) is 9.84 Å². The van der Waals surface area contributed by atoms with Crippen molar-refractivity contribution in [3.63, 3.8) is 0 Å². The average molecular weight is 292 g/mol. The summed E-state index contributed by atoms with van der Waals surface area (Å²) < 4.78 is 51.3. The molecule has 0 bridgehead atoms. The third-order valence-corrected chi connectivity index (χ3v) is 4.19. The van der Waals surface area contributed by atoms with Gasteiger partial charge in [-0.25, -0.2) is 8.42 Å². The fraction of sp³-hybridized carbons (Fsp3) is 0.0667. The molecule has 102 valence electrons. The lowest BCUT2D eigenvalue weighted by Crippen LogP contribution is -2.27. The molecule has 0 spiro atoms. The molecule has 2 nitrogen and oxygen atoms in total. The Morgan fingerprint density at radius 2 is 1.35 bits per heavy atom. The molecule has 0 aliphatic heterocycles. The number of halogens is 2. The van der Waals surface area contributed by atoms with Crippen LogP contribution in [0.1, 0.15) is 5.56 Å². The van der Waals surface area contributed by atoms with Crippen LogP contribution in [0.5, 0.6) is 0 Å². The first kappa shape index (κ1) is 14.2. The number of hydrogen-bond donors (Lipinski definition) is 0. The third-order valence-electron chi connectivity index (χ3n) is 2.52. The van der Waals surface area contributed by atoms with E-state index in [-0.39, 0.29) is 0 Å². The van der Waals surface area contributed by atoms with Crippen molar-refractivity contribution in [3.8, 4) is 11.8 Å².